The predicted molar refractivity (Wildman–Crippen MR) is 83.2 cm³/mol. The molecule has 2 rings (SSSR count). The number of carboxylic acids is 1. The largest absolute Gasteiger partial charge is 0.478 e. The van der Waals surface area contributed by atoms with Crippen LogP contribution in [0.25, 0.3) is 0 Å². The monoisotopic (exact) mass is 307 g/mol. The Balaban J connectivity index is 1.85. The van der Waals surface area contributed by atoms with Crippen LogP contribution in [-0.2, 0) is 6.54 Å². The highest BCUT2D eigenvalue weighted by Gasteiger charge is 2.08. The van der Waals surface area contributed by atoms with Gasteiger partial charge in [0.05, 0.1) is 16.3 Å². The highest BCUT2D eigenvalue weighted by molar-refractivity contribution is 6.33. The smallest absolute Gasteiger partial charge is 0.337 e. The molecule has 0 bridgehead atoms. The van der Waals surface area contributed by atoms with Gasteiger partial charge in [0.15, 0.2) is 0 Å². The predicted octanol–water partition coefficient (Wildman–Crippen LogP) is 3.35. The molecule has 5 nitrogen and oxygen atoms in total. The summed E-state index contributed by atoms with van der Waals surface area (Å²) in [6, 6.07) is 6.92. The fourth-order valence-corrected chi connectivity index (χ4v) is 2.42. The molecule has 1 aromatic carbocycles. The van der Waals surface area contributed by atoms with Crippen LogP contribution in [0.15, 0.2) is 24.3 Å². The van der Waals surface area contributed by atoms with Gasteiger partial charge in [-0.2, -0.15) is 5.10 Å². The second-order valence-corrected chi connectivity index (χ2v) is 5.34. The summed E-state index contributed by atoms with van der Waals surface area (Å²) < 4.78 is 1.98. The third-order valence-corrected chi connectivity index (χ3v) is 3.49. The number of aryl methyl sites for hydroxylation is 3. The van der Waals surface area contributed by atoms with Crippen molar-refractivity contribution >= 4 is 23.3 Å². The maximum atomic E-state index is 10.9. The van der Waals surface area contributed by atoms with Gasteiger partial charge in [-0.1, -0.05) is 11.6 Å². The first-order valence-electron chi connectivity index (χ1n) is 6.75. The lowest BCUT2D eigenvalue weighted by molar-refractivity contribution is 0.0697. The Hall–Kier alpha value is -2.01. The van der Waals surface area contributed by atoms with Crippen molar-refractivity contribution in [1.29, 1.82) is 0 Å². The Morgan fingerprint density at radius 3 is 2.71 bits per heavy atom. The van der Waals surface area contributed by atoms with Gasteiger partial charge in [-0.25, -0.2) is 4.79 Å². The Bertz CT molecular complexity index is 652. The Morgan fingerprint density at radius 2 is 2.14 bits per heavy atom. The molecule has 0 atom stereocenters. The van der Waals surface area contributed by atoms with E-state index in [1.54, 1.807) is 12.1 Å². The zero-order chi connectivity index (χ0) is 15.4. The topological polar surface area (TPSA) is 67.2 Å². The highest BCUT2D eigenvalue weighted by atomic mass is 35.5. The van der Waals surface area contributed by atoms with E-state index in [9.17, 15) is 4.79 Å². The molecule has 0 aliphatic rings. The van der Waals surface area contributed by atoms with Crippen molar-refractivity contribution in [1.82, 2.24) is 9.78 Å². The number of carbonyl (C=O) groups is 1. The number of anilines is 1. The van der Waals surface area contributed by atoms with Crippen molar-refractivity contribution in [2.75, 3.05) is 11.9 Å². The Kier molecular flexibility index (Phi) is 4.85. The summed E-state index contributed by atoms with van der Waals surface area (Å²) in [5.41, 5.74) is 3.11. The molecule has 2 aromatic rings. The normalized spacial score (nSPS) is 10.6. The zero-order valence-electron chi connectivity index (χ0n) is 12.1. The third-order valence-electron chi connectivity index (χ3n) is 3.18. The molecule has 0 fully saturated rings. The van der Waals surface area contributed by atoms with E-state index in [2.05, 4.69) is 16.5 Å². The minimum atomic E-state index is -1.02. The lowest BCUT2D eigenvalue weighted by Crippen LogP contribution is -2.09. The molecule has 2 N–H and O–H groups in total. The summed E-state index contributed by atoms with van der Waals surface area (Å²) in [5, 5.41) is 16.8. The van der Waals surface area contributed by atoms with Crippen molar-refractivity contribution in [3.05, 3.63) is 46.2 Å². The van der Waals surface area contributed by atoms with Crippen LogP contribution >= 0.6 is 11.6 Å². The van der Waals surface area contributed by atoms with E-state index < -0.39 is 5.97 Å². The molecule has 1 aromatic heterocycles. The number of benzene rings is 1. The van der Waals surface area contributed by atoms with Crippen molar-refractivity contribution in [3.8, 4) is 0 Å². The Morgan fingerprint density at radius 1 is 1.38 bits per heavy atom. The van der Waals surface area contributed by atoms with E-state index in [-0.39, 0.29) is 10.6 Å². The number of hydrogen-bond donors (Lipinski definition) is 2. The van der Waals surface area contributed by atoms with Gasteiger partial charge in [-0.3, -0.25) is 4.68 Å². The lowest BCUT2D eigenvalue weighted by atomic mass is 10.2. The molecular weight excluding hydrogens is 290 g/mol. The maximum Gasteiger partial charge on any atom is 0.337 e. The molecule has 0 saturated carbocycles. The van der Waals surface area contributed by atoms with Crippen molar-refractivity contribution in [2.24, 2.45) is 0 Å². The van der Waals surface area contributed by atoms with E-state index >= 15 is 0 Å². The number of aromatic nitrogens is 2. The summed E-state index contributed by atoms with van der Waals surface area (Å²) in [5.74, 6) is -1.02. The summed E-state index contributed by atoms with van der Waals surface area (Å²) in [7, 11) is 0. The van der Waals surface area contributed by atoms with Crippen LogP contribution < -0.4 is 5.32 Å². The number of hydrogen-bond acceptors (Lipinski definition) is 3. The summed E-state index contributed by atoms with van der Waals surface area (Å²) in [6.45, 7) is 5.63. The van der Waals surface area contributed by atoms with Crippen molar-refractivity contribution < 1.29 is 9.90 Å². The van der Waals surface area contributed by atoms with Gasteiger partial charge in [-0.05, 0) is 44.5 Å². The van der Waals surface area contributed by atoms with Crippen LogP contribution in [0.5, 0.6) is 0 Å². The fraction of sp³-hybridized carbons (Fsp3) is 0.333. The molecule has 6 heteroatoms. The molecule has 0 saturated heterocycles. The van der Waals surface area contributed by atoms with Gasteiger partial charge in [-0.15, -0.1) is 0 Å². The minimum absolute atomic E-state index is 0.116. The molecule has 0 amide bonds. The van der Waals surface area contributed by atoms with Gasteiger partial charge < -0.3 is 10.4 Å². The van der Waals surface area contributed by atoms with Gasteiger partial charge in [0.25, 0.3) is 0 Å². The number of aromatic carboxylic acids is 1. The quantitative estimate of drug-likeness (QED) is 0.803. The zero-order valence-corrected chi connectivity index (χ0v) is 12.8. The van der Waals surface area contributed by atoms with Crippen molar-refractivity contribution in [2.45, 2.75) is 26.8 Å². The van der Waals surface area contributed by atoms with Crippen LogP contribution in [0, 0.1) is 13.8 Å². The van der Waals surface area contributed by atoms with Crippen LogP contribution in [0.1, 0.15) is 28.2 Å². The number of rotatable bonds is 6. The van der Waals surface area contributed by atoms with Crippen LogP contribution in [-0.4, -0.2) is 27.4 Å². The van der Waals surface area contributed by atoms with Gasteiger partial charge in [0, 0.05) is 24.5 Å². The van der Waals surface area contributed by atoms with Crippen LogP contribution in [0.4, 0.5) is 5.69 Å². The van der Waals surface area contributed by atoms with E-state index in [1.807, 2.05) is 18.5 Å². The first kappa shape index (κ1) is 15.4. The second kappa shape index (κ2) is 6.63. The van der Waals surface area contributed by atoms with Gasteiger partial charge >= 0.3 is 5.97 Å². The van der Waals surface area contributed by atoms with E-state index in [0.717, 1.165) is 36.6 Å². The summed E-state index contributed by atoms with van der Waals surface area (Å²) in [6.07, 6.45) is 0.917. The van der Waals surface area contributed by atoms with E-state index in [1.165, 1.54) is 6.07 Å². The minimum Gasteiger partial charge on any atom is -0.478 e. The molecule has 0 aliphatic carbocycles. The Labute approximate surface area is 128 Å². The molecule has 0 aliphatic heterocycles. The first-order chi connectivity index (χ1) is 9.97. The number of nitrogens with zero attached hydrogens (tertiary/aromatic N) is 2. The average Bonchev–Trinajstić information content (AvgIpc) is 2.73. The van der Waals surface area contributed by atoms with Crippen LogP contribution in [0.2, 0.25) is 5.02 Å². The molecule has 1 heterocycles. The summed E-state index contributed by atoms with van der Waals surface area (Å²) >= 11 is 5.92. The number of halogens is 1. The van der Waals surface area contributed by atoms with Gasteiger partial charge in [0.1, 0.15) is 0 Å². The van der Waals surface area contributed by atoms with Crippen molar-refractivity contribution in [3.63, 3.8) is 0 Å². The highest BCUT2D eigenvalue weighted by Crippen LogP contribution is 2.21. The third kappa shape index (κ3) is 3.98. The van der Waals surface area contributed by atoms with E-state index in [4.69, 9.17) is 16.7 Å². The van der Waals surface area contributed by atoms with Crippen LogP contribution in [0.3, 0.4) is 0 Å². The average molecular weight is 308 g/mol. The molecular formula is C15H18ClN3O2. The number of nitrogens with one attached hydrogen (secondary N) is 1. The SMILES string of the molecule is Cc1cc(C)n(CCCNc2ccc(C(=O)O)c(Cl)c2)n1. The fourth-order valence-electron chi connectivity index (χ4n) is 2.16. The second-order valence-electron chi connectivity index (χ2n) is 4.93. The lowest BCUT2D eigenvalue weighted by Gasteiger charge is -2.09. The standard InChI is InChI=1S/C15H18ClN3O2/c1-10-8-11(2)19(18-10)7-3-6-17-12-4-5-13(15(20)21)14(16)9-12/h4-5,8-9,17H,3,6-7H2,1-2H3,(H,20,21). The molecule has 0 radical (unpaired) electrons. The first-order valence-corrected chi connectivity index (χ1v) is 7.13. The molecule has 21 heavy (non-hydrogen) atoms. The molecule has 0 spiro atoms. The number of carboxylic acid groups (broad SMARTS) is 1. The maximum absolute atomic E-state index is 10.9. The van der Waals surface area contributed by atoms with E-state index in [0.29, 0.717) is 0 Å². The van der Waals surface area contributed by atoms with Gasteiger partial charge in [0.2, 0.25) is 0 Å². The molecule has 0 unspecified atom stereocenters. The molecule has 112 valence electrons. The summed E-state index contributed by atoms with van der Waals surface area (Å²) in [4.78, 5) is 10.9.